The summed E-state index contributed by atoms with van der Waals surface area (Å²) in [7, 11) is -1.50. The molecule has 0 heterocycles. The van der Waals surface area contributed by atoms with Crippen LogP contribution in [0.4, 0.5) is 0 Å². The quantitative estimate of drug-likeness (QED) is 0.387. The van der Waals surface area contributed by atoms with Crippen LogP contribution in [0.15, 0.2) is 0 Å². The van der Waals surface area contributed by atoms with Gasteiger partial charge in [-0.15, -0.1) is 0 Å². The minimum absolute atomic E-state index is 0. The van der Waals surface area contributed by atoms with Crippen LogP contribution in [0.25, 0.3) is 0 Å². The molecule has 0 aromatic rings. The number of rotatable bonds is 0. The smallest absolute Gasteiger partial charge is 0.177 e. The summed E-state index contributed by atoms with van der Waals surface area (Å²) in [6.07, 6.45) is 0. The van der Waals surface area contributed by atoms with Crippen LogP contribution in [0.3, 0.4) is 0 Å². The molecule has 0 spiro atoms. The SMILES string of the molecule is O=[PH2]O.[Nb]. The molecule has 0 rings (SSSR count). The predicted molar refractivity (Wildman–Crippen MR) is 12.6 cm³/mol. The van der Waals surface area contributed by atoms with Gasteiger partial charge in [0.2, 0.25) is 0 Å². The molecule has 4 heteroatoms. The molecule has 1 N–H and O–H groups in total. The molecule has 0 fully saturated rings. The summed E-state index contributed by atoms with van der Waals surface area (Å²) in [6.45, 7) is 0. The first-order valence-electron chi connectivity index (χ1n) is 0.494. The zero-order valence-electron chi connectivity index (χ0n) is 1.88. The number of hydrogen-bond acceptors (Lipinski definition) is 1. The molecule has 0 bridgehead atoms. The molecule has 0 aliphatic heterocycles. The molecule has 0 saturated carbocycles. The minimum atomic E-state index is -1.50. The van der Waals surface area contributed by atoms with Crippen molar-refractivity contribution in [2.24, 2.45) is 0 Å². The molecule has 0 saturated heterocycles. The topological polar surface area (TPSA) is 37.3 Å². The molecule has 0 aliphatic carbocycles. The Bertz CT molecular complexity index is 13.5. The maximum atomic E-state index is 8.57. The summed E-state index contributed by atoms with van der Waals surface area (Å²) in [6, 6.07) is 0. The van der Waals surface area contributed by atoms with E-state index in [0.29, 0.717) is 0 Å². The van der Waals surface area contributed by atoms with Crippen molar-refractivity contribution in [1.82, 2.24) is 0 Å². The summed E-state index contributed by atoms with van der Waals surface area (Å²) >= 11 is 0. The average Bonchev–Trinajstić information content (AvgIpc) is 0.918. The molecular weight excluding hydrogens is 156 g/mol. The van der Waals surface area contributed by atoms with Crippen LogP contribution < -0.4 is 0 Å². The Morgan fingerprint density at radius 2 is 1.75 bits per heavy atom. The fraction of sp³-hybridized carbons (Fsp3) is 0. The van der Waals surface area contributed by atoms with E-state index < -0.39 is 8.69 Å². The molecule has 1 radical (unpaired) electrons. The first kappa shape index (κ1) is 8.87. The zero-order valence-corrected chi connectivity index (χ0v) is 5.23. The fourth-order valence-electron chi connectivity index (χ4n) is 0. The Morgan fingerprint density at radius 1 is 1.75 bits per heavy atom. The van der Waals surface area contributed by atoms with Crippen LogP contribution in [0.2, 0.25) is 0 Å². The van der Waals surface area contributed by atoms with Crippen molar-refractivity contribution >= 4 is 8.69 Å². The molecule has 2 nitrogen and oxygen atoms in total. The van der Waals surface area contributed by atoms with Crippen molar-refractivity contribution in [3.8, 4) is 0 Å². The van der Waals surface area contributed by atoms with Gasteiger partial charge in [-0.2, -0.15) is 0 Å². The summed E-state index contributed by atoms with van der Waals surface area (Å²) in [5, 5.41) is 0. The third kappa shape index (κ3) is 12.6. The molecule has 1 unspecified atom stereocenters. The third-order valence-electron chi connectivity index (χ3n) is 0. The summed E-state index contributed by atoms with van der Waals surface area (Å²) in [5.74, 6) is 0. The van der Waals surface area contributed by atoms with Gasteiger partial charge in [0.1, 0.15) is 0 Å². The van der Waals surface area contributed by atoms with Crippen molar-refractivity contribution in [1.29, 1.82) is 0 Å². The van der Waals surface area contributed by atoms with Crippen LogP contribution in [-0.4, -0.2) is 4.89 Å². The second-order valence-electron chi connectivity index (χ2n) is 0.105. The molecule has 4 heavy (non-hydrogen) atoms. The van der Waals surface area contributed by atoms with E-state index in [1.807, 2.05) is 0 Å². The van der Waals surface area contributed by atoms with Gasteiger partial charge in [0.25, 0.3) is 0 Å². The van der Waals surface area contributed by atoms with Crippen molar-refractivity contribution in [2.45, 2.75) is 0 Å². The van der Waals surface area contributed by atoms with Gasteiger partial charge in [0.15, 0.2) is 8.69 Å². The van der Waals surface area contributed by atoms with Crippen molar-refractivity contribution in [2.75, 3.05) is 0 Å². The molecule has 25 valence electrons. The average molecular weight is 159 g/mol. The first-order valence-corrected chi connectivity index (χ1v) is 1.48. The Balaban J connectivity index is 0. The van der Waals surface area contributed by atoms with Crippen LogP contribution in [0.1, 0.15) is 0 Å². The van der Waals surface area contributed by atoms with Crippen LogP contribution in [0.5, 0.6) is 0 Å². The molecule has 0 amide bonds. The Labute approximate surface area is 41.0 Å². The Morgan fingerprint density at radius 3 is 1.75 bits per heavy atom. The standard InChI is InChI=1S/Nb.H3O2P/c;1-3-2/h;3H2,(H,1,2). The fourth-order valence-corrected chi connectivity index (χ4v) is 0. The zero-order chi connectivity index (χ0) is 2.71. The van der Waals surface area contributed by atoms with E-state index in [0.717, 1.165) is 0 Å². The van der Waals surface area contributed by atoms with Gasteiger partial charge < -0.3 is 4.89 Å². The second-order valence-corrected chi connectivity index (χ2v) is 0.316. The van der Waals surface area contributed by atoms with Crippen molar-refractivity contribution in [3.63, 3.8) is 0 Å². The summed E-state index contributed by atoms with van der Waals surface area (Å²) < 4.78 is 8.57. The molecule has 0 aliphatic rings. The normalized spacial score (nSPS) is 7.25. The second kappa shape index (κ2) is 9.06. The predicted octanol–water partition coefficient (Wildman–Crippen LogP) is -0.353. The van der Waals surface area contributed by atoms with Crippen molar-refractivity contribution < 1.29 is 31.8 Å². The largest absolute Gasteiger partial charge is 0.348 e. The first-order chi connectivity index (χ1) is 1.41. The van der Waals surface area contributed by atoms with E-state index in [2.05, 4.69) is 0 Å². The van der Waals surface area contributed by atoms with Gasteiger partial charge in [-0.05, 0) is 0 Å². The Kier molecular flexibility index (Phi) is 20.1. The van der Waals surface area contributed by atoms with Crippen LogP contribution >= 0.6 is 8.69 Å². The van der Waals surface area contributed by atoms with Gasteiger partial charge in [0.05, 0.1) is 0 Å². The van der Waals surface area contributed by atoms with E-state index in [9.17, 15) is 0 Å². The van der Waals surface area contributed by atoms with Crippen LogP contribution in [-0.2, 0) is 26.9 Å². The van der Waals surface area contributed by atoms with Gasteiger partial charge in [-0.25, -0.2) is 0 Å². The van der Waals surface area contributed by atoms with E-state index in [-0.39, 0.29) is 22.4 Å². The maximum Gasteiger partial charge on any atom is 0.177 e. The van der Waals surface area contributed by atoms with Crippen molar-refractivity contribution in [3.05, 3.63) is 0 Å². The summed E-state index contributed by atoms with van der Waals surface area (Å²) in [4.78, 5) is 7.10. The molecule has 1 atom stereocenters. The van der Waals surface area contributed by atoms with E-state index in [1.165, 1.54) is 0 Å². The Hall–Kier alpha value is 0.930. The van der Waals surface area contributed by atoms with Gasteiger partial charge in [-0.3, -0.25) is 4.57 Å². The monoisotopic (exact) mass is 159 g/mol. The maximum absolute atomic E-state index is 8.57. The van der Waals surface area contributed by atoms with E-state index in [1.54, 1.807) is 0 Å². The molecule has 0 aromatic heterocycles. The van der Waals surface area contributed by atoms with Gasteiger partial charge in [-0.1, -0.05) is 0 Å². The van der Waals surface area contributed by atoms with Gasteiger partial charge >= 0.3 is 0 Å². The van der Waals surface area contributed by atoms with E-state index in [4.69, 9.17) is 9.46 Å². The van der Waals surface area contributed by atoms with Crippen LogP contribution in [0, 0.1) is 0 Å². The third-order valence-corrected chi connectivity index (χ3v) is 0. The number of hydrogen-bond donors (Lipinski definition) is 1. The molecule has 0 aromatic carbocycles. The van der Waals surface area contributed by atoms with Gasteiger partial charge in [0, 0.05) is 22.4 Å². The summed E-state index contributed by atoms with van der Waals surface area (Å²) in [5.41, 5.74) is 0. The van der Waals surface area contributed by atoms with E-state index >= 15 is 0 Å². The molecular formula is H3NbO2P. The minimum Gasteiger partial charge on any atom is -0.348 e.